The maximum Gasteiger partial charge on any atom is 0.320 e. The fraction of sp³-hybridized carbons (Fsp3) is 0.364. The minimum absolute atomic E-state index is 0.0817. The van der Waals surface area contributed by atoms with Crippen LogP contribution in [0.15, 0.2) is 54.6 Å². The van der Waals surface area contributed by atoms with Crippen molar-refractivity contribution in [2.75, 3.05) is 6.54 Å². The first kappa shape index (κ1) is 19.1. The highest BCUT2D eigenvalue weighted by Crippen LogP contribution is 2.27. The van der Waals surface area contributed by atoms with Gasteiger partial charge in [0.25, 0.3) is 0 Å². The van der Waals surface area contributed by atoms with Gasteiger partial charge < -0.3 is 10.4 Å². The van der Waals surface area contributed by atoms with Crippen LogP contribution in [0.5, 0.6) is 0 Å². The van der Waals surface area contributed by atoms with Crippen LogP contribution in [0.1, 0.15) is 29.5 Å². The lowest BCUT2D eigenvalue weighted by Crippen LogP contribution is -2.48. The van der Waals surface area contributed by atoms with E-state index in [0.717, 1.165) is 12.0 Å². The van der Waals surface area contributed by atoms with E-state index in [1.54, 1.807) is 0 Å². The summed E-state index contributed by atoms with van der Waals surface area (Å²) >= 11 is 0. The van der Waals surface area contributed by atoms with Crippen molar-refractivity contribution in [2.45, 2.75) is 44.8 Å². The Morgan fingerprint density at radius 1 is 1.00 bits per heavy atom. The summed E-state index contributed by atoms with van der Waals surface area (Å²) in [7, 11) is 0. The number of rotatable bonds is 7. The molecule has 1 heterocycles. The normalized spacial score (nSPS) is 19.7. The number of aryl methyl sites for hydroxylation is 1. The van der Waals surface area contributed by atoms with Crippen molar-refractivity contribution in [1.82, 2.24) is 10.2 Å². The molecule has 2 aromatic carbocycles. The molecule has 0 radical (unpaired) electrons. The van der Waals surface area contributed by atoms with Crippen LogP contribution in [0.25, 0.3) is 0 Å². The lowest BCUT2D eigenvalue weighted by atomic mass is 10.1. The molecule has 0 aromatic heterocycles. The molecular formula is C22H26N2O3. The van der Waals surface area contributed by atoms with Crippen molar-refractivity contribution in [3.63, 3.8) is 0 Å². The fourth-order valence-corrected chi connectivity index (χ4v) is 3.63. The van der Waals surface area contributed by atoms with Gasteiger partial charge in [0.2, 0.25) is 5.91 Å². The van der Waals surface area contributed by atoms with Gasteiger partial charge in [-0.05, 0) is 37.3 Å². The predicted octanol–water partition coefficient (Wildman–Crippen LogP) is 2.77. The summed E-state index contributed by atoms with van der Waals surface area (Å²) in [6, 6.07) is 17.0. The van der Waals surface area contributed by atoms with Gasteiger partial charge in [-0.2, -0.15) is 0 Å². The molecule has 2 aromatic rings. The molecule has 1 aliphatic rings. The molecular weight excluding hydrogens is 340 g/mol. The Balaban J connectivity index is 1.61. The summed E-state index contributed by atoms with van der Waals surface area (Å²) in [5, 5.41) is 12.5. The van der Waals surface area contributed by atoms with Gasteiger partial charge in [0.05, 0.1) is 6.04 Å². The maximum absolute atomic E-state index is 12.7. The molecule has 1 aliphatic heterocycles. The molecule has 142 valence electrons. The number of nitrogens with zero attached hydrogens (tertiary/aromatic N) is 1. The van der Waals surface area contributed by atoms with Crippen LogP contribution in [-0.4, -0.2) is 40.5 Å². The Kier molecular flexibility index (Phi) is 6.24. The van der Waals surface area contributed by atoms with Crippen molar-refractivity contribution in [1.29, 1.82) is 0 Å². The van der Waals surface area contributed by atoms with Gasteiger partial charge >= 0.3 is 5.97 Å². The average molecular weight is 366 g/mol. The third-order valence-corrected chi connectivity index (χ3v) is 5.14. The smallest absolute Gasteiger partial charge is 0.320 e. The first-order chi connectivity index (χ1) is 13.0. The Bertz CT molecular complexity index is 774. The summed E-state index contributed by atoms with van der Waals surface area (Å²) in [4.78, 5) is 26.2. The fourth-order valence-electron chi connectivity index (χ4n) is 3.63. The van der Waals surface area contributed by atoms with E-state index in [1.165, 1.54) is 11.1 Å². The molecule has 0 spiro atoms. The van der Waals surface area contributed by atoms with E-state index >= 15 is 0 Å². The highest BCUT2D eigenvalue weighted by molar-refractivity contribution is 5.84. The van der Waals surface area contributed by atoms with E-state index in [1.807, 2.05) is 42.2 Å². The molecule has 0 saturated carbocycles. The zero-order chi connectivity index (χ0) is 19.2. The number of carbonyl (C=O) groups excluding carboxylic acids is 1. The second kappa shape index (κ2) is 8.82. The summed E-state index contributed by atoms with van der Waals surface area (Å²) in [5.41, 5.74) is 3.41. The molecule has 3 rings (SSSR count). The van der Waals surface area contributed by atoms with Gasteiger partial charge in [0.1, 0.15) is 6.04 Å². The lowest BCUT2D eigenvalue weighted by molar-refractivity contribution is -0.143. The van der Waals surface area contributed by atoms with Crippen molar-refractivity contribution in [3.05, 3.63) is 71.3 Å². The number of carboxylic acids is 1. The molecule has 27 heavy (non-hydrogen) atoms. The van der Waals surface area contributed by atoms with Gasteiger partial charge in [-0.1, -0.05) is 60.2 Å². The number of likely N-dealkylation sites (tertiary alicyclic amines) is 1. The van der Waals surface area contributed by atoms with Crippen molar-refractivity contribution in [2.24, 2.45) is 0 Å². The van der Waals surface area contributed by atoms with Crippen LogP contribution in [-0.2, 0) is 22.6 Å². The number of hydrogen-bond acceptors (Lipinski definition) is 3. The van der Waals surface area contributed by atoms with Crippen molar-refractivity contribution >= 4 is 11.9 Å². The van der Waals surface area contributed by atoms with Gasteiger partial charge in [-0.25, -0.2) is 0 Å². The van der Waals surface area contributed by atoms with Crippen molar-refractivity contribution < 1.29 is 14.7 Å². The monoisotopic (exact) mass is 366 g/mol. The molecule has 0 aliphatic carbocycles. The highest BCUT2D eigenvalue weighted by Gasteiger charge is 2.41. The van der Waals surface area contributed by atoms with Crippen LogP contribution in [0.4, 0.5) is 0 Å². The second-order valence-corrected chi connectivity index (χ2v) is 7.13. The first-order valence-corrected chi connectivity index (χ1v) is 9.40. The largest absolute Gasteiger partial charge is 0.480 e. The second-order valence-electron chi connectivity index (χ2n) is 7.13. The number of benzene rings is 2. The first-order valence-electron chi connectivity index (χ1n) is 9.40. The maximum atomic E-state index is 12.7. The molecule has 1 amide bonds. The molecule has 0 bridgehead atoms. The minimum atomic E-state index is -0.860. The summed E-state index contributed by atoms with van der Waals surface area (Å²) in [6.45, 7) is 3.06. The number of hydrogen-bond donors (Lipinski definition) is 2. The SMILES string of the molecule is Cc1ccc(CCNC(=O)C2CCC(C(=O)O)N2Cc2ccccc2)cc1. The molecule has 5 nitrogen and oxygen atoms in total. The highest BCUT2D eigenvalue weighted by atomic mass is 16.4. The number of carbonyl (C=O) groups is 2. The van der Waals surface area contributed by atoms with E-state index in [2.05, 4.69) is 29.6 Å². The minimum Gasteiger partial charge on any atom is -0.480 e. The van der Waals surface area contributed by atoms with E-state index in [0.29, 0.717) is 25.9 Å². The van der Waals surface area contributed by atoms with E-state index in [-0.39, 0.29) is 5.91 Å². The van der Waals surface area contributed by atoms with Crippen LogP contribution in [0, 0.1) is 6.92 Å². The third kappa shape index (κ3) is 4.95. The van der Waals surface area contributed by atoms with E-state index < -0.39 is 18.1 Å². The summed E-state index contributed by atoms with van der Waals surface area (Å²) in [6.07, 6.45) is 1.83. The quantitative estimate of drug-likeness (QED) is 0.791. The van der Waals surface area contributed by atoms with Crippen molar-refractivity contribution in [3.8, 4) is 0 Å². The summed E-state index contributed by atoms with van der Waals surface area (Å²) < 4.78 is 0. The molecule has 2 unspecified atom stereocenters. The van der Waals surface area contributed by atoms with Gasteiger partial charge in [0, 0.05) is 13.1 Å². The van der Waals surface area contributed by atoms with Crippen LogP contribution in [0.3, 0.4) is 0 Å². The van der Waals surface area contributed by atoms with Gasteiger partial charge in [-0.15, -0.1) is 0 Å². The molecule has 1 saturated heterocycles. The number of carboxylic acid groups (broad SMARTS) is 1. The lowest BCUT2D eigenvalue weighted by Gasteiger charge is -2.27. The third-order valence-electron chi connectivity index (χ3n) is 5.14. The summed E-state index contributed by atoms with van der Waals surface area (Å²) in [5.74, 6) is -0.942. The predicted molar refractivity (Wildman–Crippen MR) is 104 cm³/mol. The van der Waals surface area contributed by atoms with Crippen LogP contribution in [0.2, 0.25) is 0 Å². The van der Waals surface area contributed by atoms with Gasteiger partial charge in [-0.3, -0.25) is 14.5 Å². The number of nitrogens with one attached hydrogen (secondary N) is 1. The van der Waals surface area contributed by atoms with E-state index in [9.17, 15) is 14.7 Å². The number of amides is 1. The average Bonchev–Trinajstić information content (AvgIpc) is 3.08. The Morgan fingerprint density at radius 3 is 2.33 bits per heavy atom. The van der Waals surface area contributed by atoms with E-state index in [4.69, 9.17) is 0 Å². The standard InChI is InChI=1S/C22H26N2O3/c1-16-7-9-17(10-8-16)13-14-23-21(25)19-11-12-20(22(26)27)24(19)15-18-5-3-2-4-6-18/h2-10,19-20H,11-15H2,1H3,(H,23,25)(H,26,27). The zero-order valence-electron chi connectivity index (χ0n) is 15.6. The molecule has 2 atom stereocenters. The Morgan fingerprint density at radius 2 is 1.67 bits per heavy atom. The molecule has 2 N–H and O–H groups in total. The molecule has 5 heteroatoms. The topological polar surface area (TPSA) is 69.6 Å². The van der Waals surface area contributed by atoms with Crippen LogP contribution < -0.4 is 5.32 Å². The zero-order valence-corrected chi connectivity index (χ0v) is 15.6. The Hall–Kier alpha value is -2.66. The van der Waals surface area contributed by atoms with Crippen LogP contribution >= 0.6 is 0 Å². The van der Waals surface area contributed by atoms with Gasteiger partial charge in [0.15, 0.2) is 0 Å². The number of aliphatic carboxylic acids is 1. The Labute approximate surface area is 160 Å². The molecule has 1 fully saturated rings.